The van der Waals surface area contributed by atoms with Gasteiger partial charge in [0, 0.05) is 36.0 Å². The molecule has 2 aromatic heterocycles. The van der Waals surface area contributed by atoms with Crippen LogP contribution in [-0.4, -0.2) is 44.2 Å². The number of amides is 1. The van der Waals surface area contributed by atoms with Crippen LogP contribution in [-0.2, 0) is 16.4 Å². The van der Waals surface area contributed by atoms with Gasteiger partial charge in [-0.2, -0.15) is 0 Å². The first-order valence-electron chi connectivity index (χ1n) is 8.83. The van der Waals surface area contributed by atoms with Crippen LogP contribution < -0.4 is 0 Å². The Labute approximate surface area is 172 Å². The lowest BCUT2D eigenvalue weighted by Gasteiger charge is -2.35. The number of hydrogen-bond acceptors (Lipinski definition) is 5. The molecule has 8 heteroatoms. The van der Waals surface area contributed by atoms with E-state index in [1.807, 2.05) is 16.3 Å². The lowest BCUT2D eigenvalue weighted by Crippen LogP contribution is -2.39. The van der Waals surface area contributed by atoms with Gasteiger partial charge < -0.3 is 4.90 Å². The molecule has 0 saturated heterocycles. The summed E-state index contributed by atoms with van der Waals surface area (Å²) in [7, 11) is -0.623. The van der Waals surface area contributed by atoms with Gasteiger partial charge in [-0.25, -0.2) is 12.7 Å². The number of carbonyl (C=O) groups is 1. The predicted molar refractivity (Wildman–Crippen MR) is 113 cm³/mol. The lowest BCUT2D eigenvalue weighted by molar-refractivity contribution is 0.0698. The third-order valence-electron chi connectivity index (χ3n) is 4.90. The zero-order chi connectivity index (χ0) is 19.9. The van der Waals surface area contributed by atoms with Crippen molar-refractivity contribution >= 4 is 38.6 Å². The molecule has 5 nitrogen and oxygen atoms in total. The molecular weight excluding hydrogens is 412 g/mol. The first kappa shape index (κ1) is 19.3. The first-order chi connectivity index (χ1) is 13.4. The fourth-order valence-electron chi connectivity index (χ4n) is 3.46. The molecule has 0 spiro atoms. The highest BCUT2D eigenvalue weighted by Gasteiger charge is 2.34. The number of rotatable bonds is 4. The largest absolute Gasteiger partial charge is 0.326 e. The fourth-order valence-corrected chi connectivity index (χ4v) is 6.16. The van der Waals surface area contributed by atoms with E-state index in [1.54, 1.807) is 34.8 Å². The minimum Gasteiger partial charge on any atom is -0.326 e. The summed E-state index contributed by atoms with van der Waals surface area (Å²) in [6.07, 6.45) is 0.816. The average Bonchev–Trinajstić information content (AvgIpc) is 3.38. The summed E-state index contributed by atoms with van der Waals surface area (Å²) in [5, 5.41) is 4.09. The lowest BCUT2D eigenvalue weighted by atomic mass is 9.97. The smallest absolute Gasteiger partial charge is 0.254 e. The first-order valence-corrected chi connectivity index (χ1v) is 12.0. The molecule has 146 valence electrons. The van der Waals surface area contributed by atoms with E-state index in [0.717, 1.165) is 15.6 Å². The molecule has 0 N–H and O–H groups in total. The number of carbonyl (C=O) groups excluding carboxylic acids is 1. The van der Waals surface area contributed by atoms with E-state index in [-0.39, 0.29) is 16.8 Å². The Balaban J connectivity index is 1.74. The Hall–Kier alpha value is -2.00. The van der Waals surface area contributed by atoms with Crippen LogP contribution >= 0.6 is 22.7 Å². The zero-order valence-electron chi connectivity index (χ0n) is 15.5. The molecule has 28 heavy (non-hydrogen) atoms. The normalized spacial score (nSPS) is 17.0. The van der Waals surface area contributed by atoms with Crippen LogP contribution in [0.2, 0.25) is 0 Å². The Morgan fingerprint density at radius 2 is 1.93 bits per heavy atom. The fraction of sp³-hybridized carbons (Fsp3) is 0.250. The summed E-state index contributed by atoms with van der Waals surface area (Å²) in [5.74, 6) is -0.147. The van der Waals surface area contributed by atoms with Crippen molar-refractivity contribution in [3.63, 3.8) is 0 Å². The minimum atomic E-state index is -3.59. The summed E-state index contributed by atoms with van der Waals surface area (Å²) in [6, 6.07) is 12.3. The highest BCUT2D eigenvalue weighted by molar-refractivity contribution is 7.89. The summed E-state index contributed by atoms with van der Waals surface area (Å²) in [5.41, 5.74) is 1.56. The van der Waals surface area contributed by atoms with Crippen molar-refractivity contribution in [1.29, 1.82) is 0 Å². The molecular formula is C20H20N2O3S3. The minimum absolute atomic E-state index is 0.128. The summed E-state index contributed by atoms with van der Waals surface area (Å²) in [4.78, 5) is 17.8. The Bertz CT molecular complexity index is 1100. The van der Waals surface area contributed by atoms with Crippen LogP contribution in [0.5, 0.6) is 0 Å². The Morgan fingerprint density at radius 3 is 2.64 bits per heavy atom. The molecule has 3 heterocycles. The molecule has 0 saturated carbocycles. The monoisotopic (exact) mass is 432 g/mol. The topological polar surface area (TPSA) is 57.7 Å². The Morgan fingerprint density at radius 1 is 1.11 bits per heavy atom. The molecule has 0 radical (unpaired) electrons. The van der Waals surface area contributed by atoms with Gasteiger partial charge in [-0.05, 0) is 53.1 Å². The molecule has 3 aromatic rings. The molecule has 0 unspecified atom stereocenters. The van der Waals surface area contributed by atoms with Gasteiger partial charge >= 0.3 is 0 Å². The number of hydrogen-bond donors (Lipinski definition) is 0. The second-order valence-electron chi connectivity index (χ2n) is 6.78. The highest BCUT2D eigenvalue weighted by Crippen LogP contribution is 2.40. The van der Waals surface area contributed by atoms with Crippen LogP contribution in [0.4, 0.5) is 0 Å². The van der Waals surface area contributed by atoms with E-state index in [2.05, 4.69) is 17.5 Å². The quantitative estimate of drug-likeness (QED) is 0.629. The van der Waals surface area contributed by atoms with Crippen molar-refractivity contribution in [2.75, 3.05) is 20.6 Å². The van der Waals surface area contributed by atoms with Crippen molar-refractivity contribution in [1.82, 2.24) is 9.21 Å². The third-order valence-corrected chi connectivity index (χ3v) is 8.63. The molecule has 0 bridgehead atoms. The molecule has 1 aliphatic rings. The van der Waals surface area contributed by atoms with Gasteiger partial charge in [-0.1, -0.05) is 12.1 Å². The molecule has 1 aromatic carbocycles. The second kappa shape index (κ2) is 7.44. The van der Waals surface area contributed by atoms with Crippen LogP contribution in [0.25, 0.3) is 0 Å². The van der Waals surface area contributed by atoms with Crippen molar-refractivity contribution in [2.45, 2.75) is 17.4 Å². The van der Waals surface area contributed by atoms with Gasteiger partial charge in [0.2, 0.25) is 10.0 Å². The summed E-state index contributed by atoms with van der Waals surface area (Å²) < 4.78 is 26.1. The number of nitrogens with zero attached hydrogens (tertiary/aromatic N) is 2. The van der Waals surface area contributed by atoms with E-state index in [0.29, 0.717) is 12.1 Å². The summed E-state index contributed by atoms with van der Waals surface area (Å²) >= 11 is 3.36. The maximum Gasteiger partial charge on any atom is 0.254 e. The molecule has 1 aliphatic heterocycles. The number of benzene rings is 1. The van der Waals surface area contributed by atoms with Crippen molar-refractivity contribution in [3.05, 3.63) is 74.1 Å². The van der Waals surface area contributed by atoms with Gasteiger partial charge in [-0.3, -0.25) is 4.79 Å². The van der Waals surface area contributed by atoms with Crippen LogP contribution in [0.3, 0.4) is 0 Å². The van der Waals surface area contributed by atoms with Crippen molar-refractivity contribution < 1.29 is 13.2 Å². The molecule has 0 fully saturated rings. The molecule has 0 aliphatic carbocycles. The number of sulfonamides is 1. The second-order valence-corrected chi connectivity index (χ2v) is 10.9. The number of thiophene rings is 2. The van der Waals surface area contributed by atoms with Gasteiger partial charge in [0.25, 0.3) is 5.91 Å². The van der Waals surface area contributed by atoms with Gasteiger partial charge in [0.05, 0.1) is 10.9 Å². The van der Waals surface area contributed by atoms with E-state index < -0.39 is 10.0 Å². The van der Waals surface area contributed by atoms with Gasteiger partial charge in [-0.15, -0.1) is 22.7 Å². The van der Waals surface area contributed by atoms with E-state index in [1.165, 1.54) is 36.7 Å². The maximum absolute atomic E-state index is 13.4. The van der Waals surface area contributed by atoms with E-state index in [9.17, 15) is 13.2 Å². The van der Waals surface area contributed by atoms with E-state index >= 15 is 0 Å². The van der Waals surface area contributed by atoms with Crippen molar-refractivity contribution in [3.8, 4) is 0 Å². The van der Waals surface area contributed by atoms with E-state index in [4.69, 9.17) is 0 Å². The Kier molecular flexibility index (Phi) is 5.13. The highest BCUT2D eigenvalue weighted by atomic mass is 32.2. The standard InChI is InChI=1S/C20H20N2O3S3/c1-21(2)28(24,25)15-6-3-5-14(13-15)20(23)22-10-8-17-16(9-12-27-17)19(22)18-7-4-11-26-18/h3-7,9,11-13,19H,8,10H2,1-2H3/t19-/m0/s1. The third kappa shape index (κ3) is 3.30. The summed E-state index contributed by atoms with van der Waals surface area (Å²) in [6.45, 7) is 0.611. The maximum atomic E-state index is 13.4. The average molecular weight is 433 g/mol. The molecule has 1 amide bonds. The SMILES string of the molecule is CN(C)S(=O)(=O)c1cccc(C(=O)N2CCc3sccc3[C@H]2c2cccs2)c1. The molecule has 1 atom stereocenters. The van der Waals surface area contributed by atoms with Crippen molar-refractivity contribution in [2.24, 2.45) is 0 Å². The van der Waals surface area contributed by atoms with Crippen LogP contribution in [0.1, 0.15) is 31.7 Å². The predicted octanol–water partition coefficient (Wildman–Crippen LogP) is 3.85. The number of fused-ring (bicyclic) bond motifs is 1. The zero-order valence-corrected chi connectivity index (χ0v) is 18.0. The van der Waals surface area contributed by atoms with Gasteiger partial charge in [0.1, 0.15) is 0 Å². The van der Waals surface area contributed by atoms with Gasteiger partial charge in [0.15, 0.2) is 0 Å². The molecule has 4 rings (SSSR count). The van der Waals surface area contributed by atoms with Crippen LogP contribution in [0.15, 0.2) is 58.1 Å². The van der Waals surface area contributed by atoms with Crippen LogP contribution in [0, 0.1) is 0 Å².